The van der Waals surface area contributed by atoms with Gasteiger partial charge in [0.25, 0.3) is 0 Å². The third-order valence-corrected chi connectivity index (χ3v) is 3.49. The fourth-order valence-corrected chi connectivity index (χ4v) is 2.49. The van der Waals surface area contributed by atoms with Crippen LogP contribution >= 0.6 is 0 Å². The summed E-state index contributed by atoms with van der Waals surface area (Å²) >= 11 is 0. The Balaban J connectivity index is 2.39. The van der Waals surface area contributed by atoms with Crippen LogP contribution in [-0.2, 0) is 4.79 Å². The van der Waals surface area contributed by atoms with Crippen molar-refractivity contribution < 1.29 is 4.79 Å². The van der Waals surface area contributed by atoms with Crippen LogP contribution in [0.25, 0.3) is 0 Å². The third-order valence-electron chi connectivity index (χ3n) is 3.49. The number of allylic oxidation sites excluding steroid dienone is 1. The van der Waals surface area contributed by atoms with E-state index in [1.165, 1.54) is 5.57 Å². The van der Waals surface area contributed by atoms with Crippen molar-refractivity contribution in [2.75, 3.05) is 0 Å². The molecule has 0 N–H and O–H groups in total. The van der Waals surface area contributed by atoms with Crippen LogP contribution in [0, 0.1) is 17.3 Å². The van der Waals surface area contributed by atoms with Gasteiger partial charge in [0.1, 0.15) is 5.78 Å². The van der Waals surface area contributed by atoms with Crippen LogP contribution < -0.4 is 0 Å². The smallest absolute Gasteiger partial charge is 0.145 e. The molecule has 2 saturated carbocycles. The molecular weight excluding hydrogens is 136 g/mol. The van der Waals surface area contributed by atoms with Crippen molar-refractivity contribution in [3.63, 3.8) is 0 Å². The van der Waals surface area contributed by atoms with Crippen molar-refractivity contribution in [1.29, 1.82) is 0 Å². The van der Waals surface area contributed by atoms with Crippen LogP contribution in [0.5, 0.6) is 0 Å². The Morgan fingerprint density at radius 1 is 1.55 bits per heavy atom. The molecule has 0 aromatic carbocycles. The molecule has 2 aliphatic rings. The van der Waals surface area contributed by atoms with Gasteiger partial charge >= 0.3 is 0 Å². The van der Waals surface area contributed by atoms with E-state index in [-0.39, 0.29) is 11.3 Å². The first-order valence-corrected chi connectivity index (χ1v) is 4.25. The van der Waals surface area contributed by atoms with Crippen LogP contribution in [0.4, 0.5) is 0 Å². The molecule has 60 valence electrons. The molecule has 0 amide bonds. The summed E-state index contributed by atoms with van der Waals surface area (Å²) in [5, 5.41) is 0. The van der Waals surface area contributed by atoms with Crippen molar-refractivity contribution in [3.05, 3.63) is 12.2 Å². The minimum Gasteiger partial charge on any atom is -0.298 e. The van der Waals surface area contributed by atoms with Gasteiger partial charge in [0.2, 0.25) is 0 Å². The Bertz CT molecular complexity index is 237. The minimum absolute atomic E-state index is 0.0497. The number of fused-ring (bicyclic) bond motifs is 2. The highest BCUT2D eigenvalue weighted by molar-refractivity contribution is 5.92. The second-order valence-electron chi connectivity index (χ2n) is 4.43. The molecule has 0 saturated heterocycles. The number of Topliss-reactive ketones (excluding diaryl/α,β-unsaturated/α-hetero) is 1. The molecule has 2 aliphatic carbocycles. The fraction of sp³-hybridized carbons (Fsp3) is 0.700. The molecular formula is C10H14O. The lowest BCUT2D eigenvalue weighted by Gasteiger charge is -2.28. The van der Waals surface area contributed by atoms with E-state index in [4.69, 9.17) is 0 Å². The zero-order chi connectivity index (χ0) is 8.22. The van der Waals surface area contributed by atoms with Crippen molar-refractivity contribution in [2.45, 2.75) is 26.7 Å². The monoisotopic (exact) mass is 150 g/mol. The molecule has 0 spiro atoms. The summed E-state index contributed by atoms with van der Waals surface area (Å²) in [5.74, 6) is 1.24. The lowest BCUT2D eigenvalue weighted by Crippen LogP contribution is -2.31. The highest BCUT2D eigenvalue weighted by atomic mass is 16.1. The molecule has 0 heterocycles. The van der Waals surface area contributed by atoms with Gasteiger partial charge in [-0.2, -0.15) is 0 Å². The van der Waals surface area contributed by atoms with Crippen molar-refractivity contribution in [1.82, 2.24) is 0 Å². The Labute approximate surface area is 67.5 Å². The molecule has 0 aromatic rings. The van der Waals surface area contributed by atoms with Crippen LogP contribution in [0.3, 0.4) is 0 Å². The van der Waals surface area contributed by atoms with E-state index in [1.807, 2.05) is 0 Å². The molecule has 11 heavy (non-hydrogen) atoms. The number of rotatable bonds is 0. The lowest BCUT2D eigenvalue weighted by atomic mass is 9.74. The first kappa shape index (κ1) is 7.08. The van der Waals surface area contributed by atoms with Gasteiger partial charge in [0.15, 0.2) is 0 Å². The second kappa shape index (κ2) is 1.77. The van der Waals surface area contributed by atoms with Crippen LogP contribution in [-0.4, -0.2) is 5.78 Å². The summed E-state index contributed by atoms with van der Waals surface area (Å²) in [5.41, 5.74) is 1.13. The quantitative estimate of drug-likeness (QED) is 0.484. The molecule has 2 rings (SSSR count). The molecule has 0 radical (unpaired) electrons. The zero-order valence-electron chi connectivity index (χ0n) is 7.18. The van der Waals surface area contributed by atoms with Gasteiger partial charge in [-0.25, -0.2) is 0 Å². The minimum atomic E-state index is -0.0497. The SMILES string of the molecule is C=C1CC2CC1C(=O)C2(C)C. The summed E-state index contributed by atoms with van der Waals surface area (Å²) in [6.07, 6.45) is 2.16. The first-order chi connectivity index (χ1) is 5.03. The van der Waals surface area contributed by atoms with Gasteiger partial charge in [0, 0.05) is 11.3 Å². The maximum Gasteiger partial charge on any atom is 0.145 e. The van der Waals surface area contributed by atoms with Crippen LogP contribution in [0.15, 0.2) is 12.2 Å². The average Bonchev–Trinajstić information content (AvgIpc) is 2.36. The van der Waals surface area contributed by atoms with E-state index in [9.17, 15) is 4.79 Å². The molecule has 2 bridgehead atoms. The number of carbonyl (C=O) groups is 1. The maximum absolute atomic E-state index is 11.6. The average molecular weight is 150 g/mol. The van der Waals surface area contributed by atoms with Gasteiger partial charge in [-0.15, -0.1) is 0 Å². The Morgan fingerprint density at radius 3 is 2.55 bits per heavy atom. The molecule has 2 unspecified atom stereocenters. The van der Waals surface area contributed by atoms with E-state index >= 15 is 0 Å². The predicted octanol–water partition coefficient (Wildman–Crippen LogP) is 2.18. The van der Waals surface area contributed by atoms with Crippen LogP contribution in [0.2, 0.25) is 0 Å². The van der Waals surface area contributed by atoms with E-state index < -0.39 is 0 Å². The van der Waals surface area contributed by atoms with E-state index in [1.54, 1.807) is 0 Å². The summed E-state index contributed by atoms with van der Waals surface area (Å²) in [7, 11) is 0. The molecule has 1 heteroatoms. The van der Waals surface area contributed by atoms with Gasteiger partial charge in [-0.1, -0.05) is 26.0 Å². The predicted molar refractivity (Wildman–Crippen MR) is 44.1 cm³/mol. The van der Waals surface area contributed by atoms with E-state index in [0.717, 1.165) is 12.8 Å². The molecule has 0 aromatic heterocycles. The number of ketones is 1. The Hall–Kier alpha value is -0.590. The van der Waals surface area contributed by atoms with Crippen LogP contribution in [0.1, 0.15) is 26.7 Å². The van der Waals surface area contributed by atoms with Crippen molar-refractivity contribution in [3.8, 4) is 0 Å². The Kier molecular flexibility index (Phi) is 1.14. The first-order valence-electron chi connectivity index (χ1n) is 4.25. The number of carbonyl (C=O) groups excluding carboxylic acids is 1. The largest absolute Gasteiger partial charge is 0.298 e. The normalized spacial score (nSPS) is 40.2. The number of hydrogen-bond donors (Lipinski definition) is 0. The van der Waals surface area contributed by atoms with Gasteiger partial charge in [0.05, 0.1) is 0 Å². The second-order valence-corrected chi connectivity index (χ2v) is 4.43. The third kappa shape index (κ3) is 0.688. The summed E-state index contributed by atoms with van der Waals surface area (Å²) in [4.78, 5) is 11.6. The van der Waals surface area contributed by atoms with E-state index in [2.05, 4.69) is 20.4 Å². The van der Waals surface area contributed by atoms with E-state index in [0.29, 0.717) is 11.7 Å². The topological polar surface area (TPSA) is 17.1 Å². The highest BCUT2D eigenvalue weighted by Gasteiger charge is 2.53. The molecule has 2 atom stereocenters. The molecule has 0 aliphatic heterocycles. The highest BCUT2D eigenvalue weighted by Crippen LogP contribution is 2.54. The van der Waals surface area contributed by atoms with Gasteiger partial charge in [-0.05, 0) is 18.8 Å². The fourth-order valence-electron chi connectivity index (χ4n) is 2.49. The van der Waals surface area contributed by atoms with Crippen molar-refractivity contribution >= 4 is 5.78 Å². The molecule has 2 fully saturated rings. The standard InChI is InChI=1S/C10H14O/c1-6-4-7-5-8(6)9(11)10(7,2)3/h7-8H,1,4-5H2,2-3H3. The summed E-state index contributed by atoms with van der Waals surface area (Å²) < 4.78 is 0. The Morgan fingerprint density at radius 2 is 2.18 bits per heavy atom. The zero-order valence-corrected chi connectivity index (χ0v) is 7.18. The van der Waals surface area contributed by atoms with Crippen molar-refractivity contribution in [2.24, 2.45) is 17.3 Å². The van der Waals surface area contributed by atoms with Gasteiger partial charge in [-0.3, -0.25) is 4.79 Å². The number of hydrogen-bond acceptors (Lipinski definition) is 1. The maximum atomic E-state index is 11.6. The lowest BCUT2D eigenvalue weighted by molar-refractivity contribution is -0.128. The summed E-state index contributed by atoms with van der Waals surface area (Å²) in [6.45, 7) is 8.08. The van der Waals surface area contributed by atoms with Gasteiger partial charge < -0.3 is 0 Å². The molecule has 1 nitrogen and oxygen atoms in total. The summed E-state index contributed by atoms with van der Waals surface area (Å²) in [6, 6.07) is 0.